The van der Waals surface area contributed by atoms with Gasteiger partial charge in [0.15, 0.2) is 0 Å². The molecule has 0 aromatic heterocycles. The quantitative estimate of drug-likeness (QED) is 0.603. The second kappa shape index (κ2) is 3.67. The molecule has 0 unspecified atom stereocenters. The molecule has 0 heterocycles. The van der Waals surface area contributed by atoms with Gasteiger partial charge in [0.05, 0.1) is 3.04 Å². The topological polar surface area (TPSA) is 0 Å². The Morgan fingerprint density at radius 2 is 2.00 bits per heavy atom. The molecule has 0 radical (unpaired) electrons. The van der Waals surface area contributed by atoms with Gasteiger partial charge in [0.25, 0.3) is 0 Å². The number of hydrogen-bond donors (Lipinski definition) is 0. The van der Waals surface area contributed by atoms with Gasteiger partial charge < -0.3 is 0 Å². The molecule has 0 saturated carbocycles. The van der Waals surface area contributed by atoms with Crippen molar-refractivity contribution in [3.63, 3.8) is 0 Å². The van der Waals surface area contributed by atoms with Crippen LogP contribution in [0.15, 0.2) is 7.12 Å². The Hall–Kier alpha value is 1.49. The van der Waals surface area contributed by atoms with Crippen LogP contribution in [0.5, 0.6) is 0 Å². The van der Waals surface area contributed by atoms with Crippen molar-refractivity contribution in [3.8, 4) is 0 Å². The predicted octanol–water partition coefficient (Wildman–Crippen LogP) is 2.89. The smallest absolute Gasteiger partial charge is 0.0767 e. The van der Waals surface area contributed by atoms with Crippen LogP contribution in [0.25, 0.3) is 0 Å². The monoisotopic (exact) mass is 314 g/mol. The van der Waals surface area contributed by atoms with Crippen molar-refractivity contribution < 1.29 is 0 Å². The van der Waals surface area contributed by atoms with Crippen molar-refractivity contribution in [2.45, 2.75) is 0 Å². The minimum Gasteiger partial charge on any atom is -0.0767 e. The van der Waals surface area contributed by atoms with E-state index in [0.717, 1.165) is 3.04 Å². The van der Waals surface area contributed by atoms with Crippen LogP contribution in [0.2, 0.25) is 0 Å². The molecule has 30 valence electrons. The van der Waals surface area contributed by atoms with Gasteiger partial charge in [-0.2, -0.15) is 0 Å². The van der Waals surface area contributed by atoms with E-state index in [9.17, 15) is 0 Å². The number of rotatable bonds is 0. The van der Waals surface area contributed by atoms with Crippen LogP contribution in [-0.2, 0) is 0 Å². The van der Waals surface area contributed by atoms with Gasteiger partial charge in [0, 0.05) is 4.08 Å². The number of hydrogen-bond acceptors (Lipinski definition) is 0. The van der Waals surface area contributed by atoms with Crippen LogP contribution in [0.1, 0.15) is 0 Å². The van der Waals surface area contributed by atoms with Gasteiger partial charge in [0.1, 0.15) is 0 Å². The van der Waals surface area contributed by atoms with Gasteiger partial charge in [0.2, 0.25) is 0 Å². The first-order chi connectivity index (χ1) is 2.27. The van der Waals surface area contributed by atoms with Crippen molar-refractivity contribution in [2.24, 2.45) is 0 Å². The van der Waals surface area contributed by atoms with Crippen molar-refractivity contribution in [1.82, 2.24) is 0 Å². The molecule has 0 amide bonds. The Morgan fingerprint density at radius 3 is 2.00 bits per heavy atom. The van der Waals surface area contributed by atoms with Gasteiger partial charge in [-0.3, -0.25) is 0 Å². The molecular formula is C2HClI2. The third-order valence-electron chi connectivity index (χ3n) is 0.0825. The summed E-state index contributed by atoms with van der Waals surface area (Å²) >= 11 is 9.40. The fourth-order valence-electron chi connectivity index (χ4n) is 0. The van der Waals surface area contributed by atoms with Crippen molar-refractivity contribution in [3.05, 3.63) is 7.12 Å². The van der Waals surface area contributed by atoms with Gasteiger partial charge >= 0.3 is 0 Å². The van der Waals surface area contributed by atoms with Crippen LogP contribution >= 0.6 is 56.8 Å². The highest BCUT2D eigenvalue weighted by atomic mass is 127. The molecule has 0 nitrogen and oxygen atoms in total. The molecule has 0 aliphatic rings. The van der Waals surface area contributed by atoms with Crippen LogP contribution in [0.4, 0.5) is 0 Å². The SMILES string of the molecule is ClC(I)=CI. The Labute approximate surface area is 63.2 Å². The first-order valence-electron chi connectivity index (χ1n) is 0.885. The van der Waals surface area contributed by atoms with Crippen molar-refractivity contribution in [1.29, 1.82) is 0 Å². The maximum Gasteiger partial charge on any atom is 0.0849 e. The molecule has 0 aliphatic carbocycles. The van der Waals surface area contributed by atoms with E-state index in [-0.39, 0.29) is 0 Å². The molecule has 0 saturated heterocycles. The standard InChI is InChI=1S/C2HClI2/c3-2(5)1-4/h1H. The van der Waals surface area contributed by atoms with Crippen molar-refractivity contribution in [2.75, 3.05) is 0 Å². The van der Waals surface area contributed by atoms with E-state index in [1.54, 1.807) is 4.08 Å². The zero-order chi connectivity index (χ0) is 4.28. The van der Waals surface area contributed by atoms with Crippen molar-refractivity contribution >= 4 is 56.8 Å². The molecular weight excluding hydrogens is 313 g/mol. The summed E-state index contributed by atoms with van der Waals surface area (Å²) in [7, 11) is 0. The Kier molecular flexibility index (Phi) is 4.77. The predicted molar refractivity (Wildman–Crippen MR) is 42.0 cm³/mol. The fraction of sp³-hybridized carbons (Fsp3) is 0. The second-order valence-electron chi connectivity index (χ2n) is 0.399. The molecule has 0 aliphatic heterocycles. The number of halogens is 3. The highest BCUT2D eigenvalue weighted by Gasteiger charge is 1.69. The zero-order valence-corrected chi connectivity index (χ0v) is 7.28. The maximum absolute atomic E-state index is 5.30. The molecule has 0 bridgehead atoms. The minimum absolute atomic E-state index is 0.809. The largest absolute Gasteiger partial charge is 0.0849 e. The van der Waals surface area contributed by atoms with E-state index in [2.05, 4.69) is 22.6 Å². The summed E-state index contributed by atoms with van der Waals surface area (Å²) in [6.45, 7) is 0. The summed E-state index contributed by atoms with van der Waals surface area (Å²) < 4.78 is 2.61. The lowest BCUT2D eigenvalue weighted by atomic mass is 11.3. The summed E-state index contributed by atoms with van der Waals surface area (Å²) in [5.74, 6) is 0. The average Bonchev–Trinajstić information content (AvgIpc) is 1.38. The first-order valence-corrected chi connectivity index (χ1v) is 3.59. The molecule has 0 rings (SSSR count). The van der Waals surface area contributed by atoms with E-state index in [1.165, 1.54) is 0 Å². The molecule has 0 atom stereocenters. The van der Waals surface area contributed by atoms with E-state index < -0.39 is 0 Å². The summed E-state index contributed by atoms with van der Waals surface area (Å²) in [5.41, 5.74) is 0. The third kappa shape index (κ3) is 5.49. The molecule has 3 heteroatoms. The van der Waals surface area contributed by atoms with Gasteiger partial charge in [-0.15, -0.1) is 0 Å². The second-order valence-corrected chi connectivity index (χ2v) is 3.23. The van der Waals surface area contributed by atoms with E-state index in [4.69, 9.17) is 11.6 Å². The lowest BCUT2D eigenvalue weighted by Crippen LogP contribution is -1.30. The lowest BCUT2D eigenvalue weighted by molar-refractivity contribution is 2.55. The van der Waals surface area contributed by atoms with Gasteiger partial charge in [-0.25, -0.2) is 0 Å². The molecule has 0 fully saturated rings. The molecule has 5 heavy (non-hydrogen) atoms. The van der Waals surface area contributed by atoms with E-state index in [1.807, 2.05) is 22.6 Å². The molecule has 0 aromatic rings. The Balaban J connectivity index is 3.14. The highest BCUT2D eigenvalue weighted by molar-refractivity contribution is 14.1. The normalized spacial score (nSPS) is 12.2. The van der Waals surface area contributed by atoms with Crippen LogP contribution < -0.4 is 0 Å². The van der Waals surface area contributed by atoms with Gasteiger partial charge in [-0.05, 0) is 22.6 Å². The van der Waals surface area contributed by atoms with Crippen LogP contribution in [0.3, 0.4) is 0 Å². The third-order valence-corrected chi connectivity index (χ3v) is 2.69. The first kappa shape index (κ1) is 6.49. The fourth-order valence-corrected chi connectivity index (χ4v) is 0. The Bertz CT molecular complexity index is 45.6. The summed E-state index contributed by atoms with van der Waals surface area (Å²) in [5, 5.41) is 0. The zero-order valence-electron chi connectivity index (χ0n) is 2.21. The average molecular weight is 314 g/mol. The lowest BCUT2D eigenvalue weighted by Gasteiger charge is -1.65. The van der Waals surface area contributed by atoms with E-state index >= 15 is 0 Å². The molecule has 0 N–H and O–H groups in total. The van der Waals surface area contributed by atoms with E-state index in [0.29, 0.717) is 0 Å². The summed E-state index contributed by atoms with van der Waals surface area (Å²) in [4.78, 5) is 0. The van der Waals surface area contributed by atoms with Crippen LogP contribution in [0, 0.1) is 0 Å². The van der Waals surface area contributed by atoms with Crippen LogP contribution in [-0.4, -0.2) is 0 Å². The highest BCUT2D eigenvalue weighted by Crippen LogP contribution is 2.11. The molecule has 0 spiro atoms. The molecule has 0 aromatic carbocycles. The summed E-state index contributed by atoms with van der Waals surface area (Å²) in [6.07, 6.45) is 0. The Morgan fingerprint density at radius 1 is 1.80 bits per heavy atom. The minimum atomic E-state index is 0.809. The van der Waals surface area contributed by atoms with Gasteiger partial charge in [-0.1, -0.05) is 34.2 Å². The summed E-state index contributed by atoms with van der Waals surface area (Å²) in [6, 6.07) is 0. The maximum atomic E-state index is 5.30.